The second-order valence-electron chi connectivity index (χ2n) is 13.3. The molecule has 6 heterocycles. The number of rotatable bonds is 6. The van der Waals surface area contributed by atoms with Crippen LogP contribution in [0.1, 0.15) is 57.5 Å². The third kappa shape index (κ3) is 5.92. The molecule has 12 heteroatoms. The summed E-state index contributed by atoms with van der Waals surface area (Å²) in [5.74, 6) is 0.637. The number of piperazine rings is 1. The van der Waals surface area contributed by atoms with E-state index in [9.17, 15) is 9.90 Å². The first-order chi connectivity index (χ1) is 22.2. The number of carbonyl (C=O) groups is 1. The van der Waals surface area contributed by atoms with E-state index in [0.29, 0.717) is 25.5 Å². The summed E-state index contributed by atoms with van der Waals surface area (Å²) < 4.78 is 9.94. The average molecular weight is 641 g/mol. The van der Waals surface area contributed by atoms with E-state index in [2.05, 4.69) is 60.5 Å². The molecule has 4 aromatic heterocycles. The van der Waals surface area contributed by atoms with Crippen LogP contribution in [0.4, 0.5) is 4.79 Å². The van der Waals surface area contributed by atoms with Crippen molar-refractivity contribution in [3.8, 4) is 32.7 Å². The first-order valence-corrected chi connectivity index (χ1v) is 16.8. The zero-order chi connectivity index (χ0) is 32.0. The predicted molar refractivity (Wildman–Crippen MR) is 178 cm³/mol. The van der Waals surface area contributed by atoms with Crippen molar-refractivity contribution in [3.05, 3.63) is 66.2 Å². The Morgan fingerprint density at radius 3 is 2.65 bits per heavy atom. The van der Waals surface area contributed by atoms with Gasteiger partial charge in [0.05, 0.1) is 17.4 Å². The van der Waals surface area contributed by atoms with Crippen LogP contribution in [0.25, 0.3) is 38.3 Å². The summed E-state index contributed by atoms with van der Waals surface area (Å²) in [6, 6.07) is 14.3. The van der Waals surface area contributed by atoms with Gasteiger partial charge in [-0.3, -0.25) is 9.30 Å². The molecule has 2 aliphatic heterocycles. The molecule has 0 spiro atoms. The van der Waals surface area contributed by atoms with E-state index in [-0.39, 0.29) is 17.7 Å². The molecule has 7 rings (SSSR count). The van der Waals surface area contributed by atoms with Crippen molar-refractivity contribution in [1.82, 2.24) is 38.9 Å². The van der Waals surface area contributed by atoms with Gasteiger partial charge in [0.1, 0.15) is 27.6 Å². The van der Waals surface area contributed by atoms with E-state index in [1.807, 2.05) is 29.8 Å². The average Bonchev–Trinajstić information content (AvgIpc) is 3.78. The number of ether oxygens (including phenoxy) is 1. The van der Waals surface area contributed by atoms with Crippen molar-refractivity contribution in [1.29, 1.82) is 0 Å². The van der Waals surface area contributed by atoms with Gasteiger partial charge in [-0.1, -0.05) is 57.2 Å². The van der Waals surface area contributed by atoms with Gasteiger partial charge in [0, 0.05) is 44.5 Å². The number of carboxylic acid groups (broad SMARTS) is 1. The quantitative estimate of drug-likeness (QED) is 0.221. The summed E-state index contributed by atoms with van der Waals surface area (Å²) in [7, 11) is 0. The van der Waals surface area contributed by atoms with Crippen LogP contribution in [-0.4, -0.2) is 82.4 Å². The van der Waals surface area contributed by atoms with Crippen LogP contribution >= 0.6 is 11.3 Å². The van der Waals surface area contributed by atoms with Crippen molar-refractivity contribution in [2.75, 3.05) is 26.2 Å². The third-order valence-electron chi connectivity index (χ3n) is 9.01. The Kier molecular flexibility index (Phi) is 8.12. The van der Waals surface area contributed by atoms with Gasteiger partial charge in [-0.05, 0) is 43.2 Å². The van der Waals surface area contributed by atoms with Gasteiger partial charge in [-0.15, -0.1) is 16.4 Å². The second kappa shape index (κ2) is 12.2. The highest BCUT2D eigenvalue weighted by molar-refractivity contribution is 7.18. The maximum absolute atomic E-state index is 12.0. The Balaban J connectivity index is 1.23. The maximum atomic E-state index is 12.0. The monoisotopic (exact) mass is 640 g/mol. The molecule has 2 atom stereocenters. The molecule has 5 aromatic rings. The first-order valence-electron chi connectivity index (χ1n) is 15.9. The van der Waals surface area contributed by atoms with Gasteiger partial charge in [0.25, 0.3) is 0 Å². The maximum Gasteiger partial charge on any atom is 0.407 e. The van der Waals surface area contributed by atoms with Gasteiger partial charge in [0.15, 0.2) is 12.1 Å². The Morgan fingerprint density at radius 1 is 1.09 bits per heavy atom. The molecule has 2 unspecified atom stereocenters. The highest BCUT2D eigenvalue weighted by Gasteiger charge is 2.38. The van der Waals surface area contributed by atoms with Crippen LogP contribution in [0.5, 0.6) is 0 Å². The number of aromatic nitrogens is 6. The summed E-state index contributed by atoms with van der Waals surface area (Å²) in [5, 5.41) is 15.5. The molecule has 0 bridgehead atoms. The molecule has 0 saturated carbocycles. The summed E-state index contributed by atoms with van der Waals surface area (Å²) in [4.78, 5) is 31.6. The number of hydrogen-bond donors (Lipinski definition) is 1. The van der Waals surface area contributed by atoms with E-state index in [4.69, 9.17) is 24.8 Å². The smallest absolute Gasteiger partial charge is 0.407 e. The number of benzene rings is 1. The number of pyridine rings is 1. The molecule has 1 aromatic carbocycles. The molecule has 2 saturated heterocycles. The number of hydrogen-bond acceptors (Lipinski definition) is 8. The molecule has 11 nitrogen and oxygen atoms in total. The molecule has 1 amide bonds. The highest BCUT2D eigenvalue weighted by atomic mass is 32.1. The lowest BCUT2D eigenvalue weighted by molar-refractivity contribution is -0.0395. The SMILES string of the molecule is Cc1nc2ccc(CN3CCN(C(=O)O)C(C(C)(C)C)C3)cn2c1-c1nc(-c2ccccc2)c(-c2ncn(C3CCCCO3)n2)s1. The standard InChI is InChI=1S/C34H40N8O3S/c1-22-29(41-19-23(13-14-26(41)36-22)18-39-15-16-40(33(43)44)25(20-39)34(2,3)4)32-37-28(24-10-6-5-7-11-24)30(46-32)31-35-21-42(38-31)27-12-8-9-17-45-27/h5-7,10-11,13-14,19,21,25,27H,8-9,12,15-18,20H2,1-4H3,(H,43,44). The van der Waals surface area contributed by atoms with E-state index in [1.54, 1.807) is 22.6 Å². The summed E-state index contributed by atoms with van der Waals surface area (Å²) >= 11 is 1.58. The largest absolute Gasteiger partial charge is 0.465 e. The Morgan fingerprint density at radius 2 is 1.91 bits per heavy atom. The summed E-state index contributed by atoms with van der Waals surface area (Å²) in [6.45, 7) is 11.7. The molecular weight excluding hydrogens is 600 g/mol. The Hall–Kier alpha value is -4.13. The van der Waals surface area contributed by atoms with Gasteiger partial charge >= 0.3 is 6.09 Å². The normalized spacial score (nSPS) is 19.6. The zero-order valence-electron chi connectivity index (χ0n) is 26.8. The molecule has 1 N–H and O–H groups in total. The van der Waals surface area contributed by atoms with E-state index in [0.717, 1.165) is 76.2 Å². The highest BCUT2D eigenvalue weighted by Crippen LogP contribution is 2.41. The molecule has 46 heavy (non-hydrogen) atoms. The lowest BCUT2D eigenvalue weighted by atomic mass is 9.84. The fourth-order valence-corrected chi connectivity index (χ4v) is 7.70. The third-order valence-corrected chi connectivity index (χ3v) is 10.1. The summed E-state index contributed by atoms with van der Waals surface area (Å²) in [6.07, 6.45) is 6.10. The van der Waals surface area contributed by atoms with Crippen LogP contribution < -0.4 is 0 Å². The Bertz CT molecular complexity index is 1850. The van der Waals surface area contributed by atoms with Crippen LogP contribution in [0.2, 0.25) is 0 Å². The summed E-state index contributed by atoms with van der Waals surface area (Å²) in [5.41, 5.74) is 5.52. The van der Waals surface area contributed by atoms with Gasteiger partial charge in [-0.25, -0.2) is 24.4 Å². The molecular formula is C34H40N8O3S. The lowest BCUT2D eigenvalue weighted by Crippen LogP contribution is -2.59. The molecule has 240 valence electrons. The van der Waals surface area contributed by atoms with E-state index >= 15 is 0 Å². The molecule has 2 aliphatic rings. The van der Waals surface area contributed by atoms with Crippen molar-refractivity contribution < 1.29 is 14.6 Å². The fourth-order valence-electron chi connectivity index (χ4n) is 6.58. The number of fused-ring (bicyclic) bond motifs is 1. The predicted octanol–water partition coefficient (Wildman–Crippen LogP) is 6.60. The van der Waals surface area contributed by atoms with Crippen LogP contribution in [-0.2, 0) is 11.3 Å². The molecule has 2 fully saturated rings. The minimum atomic E-state index is -0.846. The number of nitrogens with zero attached hydrogens (tertiary/aromatic N) is 8. The van der Waals surface area contributed by atoms with Crippen molar-refractivity contribution in [2.45, 2.75) is 65.8 Å². The number of thiazole rings is 1. The zero-order valence-corrected chi connectivity index (χ0v) is 27.6. The second-order valence-corrected chi connectivity index (χ2v) is 14.3. The molecule has 0 aliphatic carbocycles. The van der Waals surface area contributed by atoms with Gasteiger partial charge < -0.3 is 14.7 Å². The van der Waals surface area contributed by atoms with Crippen LogP contribution in [0.3, 0.4) is 0 Å². The number of aryl methyl sites for hydroxylation is 1. The van der Waals surface area contributed by atoms with Crippen LogP contribution in [0, 0.1) is 12.3 Å². The first kappa shape index (κ1) is 30.5. The fraction of sp³-hybridized carbons (Fsp3) is 0.441. The van der Waals surface area contributed by atoms with Crippen molar-refractivity contribution >= 4 is 23.1 Å². The van der Waals surface area contributed by atoms with E-state index in [1.165, 1.54) is 0 Å². The minimum absolute atomic E-state index is 0.0829. The van der Waals surface area contributed by atoms with Gasteiger partial charge in [-0.2, -0.15) is 0 Å². The number of amides is 1. The van der Waals surface area contributed by atoms with Crippen molar-refractivity contribution in [2.24, 2.45) is 5.41 Å². The molecule has 0 radical (unpaired) electrons. The van der Waals surface area contributed by atoms with Crippen LogP contribution in [0.15, 0.2) is 55.0 Å². The number of imidazole rings is 1. The van der Waals surface area contributed by atoms with Crippen molar-refractivity contribution in [3.63, 3.8) is 0 Å². The minimum Gasteiger partial charge on any atom is -0.465 e. The lowest BCUT2D eigenvalue weighted by Gasteiger charge is -2.46. The Labute approximate surface area is 272 Å². The topological polar surface area (TPSA) is 114 Å². The van der Waals surface area contributed by atoms with Gasteiger partial charge in [0.2, 0.25) is 0 Å². The van der Waals surface area contributed by atoms with E-state index < -0.39 is 6.09 Å².